The molecule has 0 aliphatic carbocycles. The lowest BCUT2D eigenvalue weighted by Crippen LogP contribution is -2.35. The molecule has 0 aromatic carbocycles. The molecule has 24 heavy (non-hydrogen) atoms. The van der Waals surface area contributed by atoms with Crippen LogP contribution in [0.25, 0.3) is 0 Å². The molecule has 0 spiro atoms. The summed E-state index contributed by atoms with van der Waals surface area (Å²) in [6.07, 6.45) is 6.26. The number of nitroso groups, excluding NO2 is 1. The second-order valence-electron chi connectivity index (χ2n) is 5.58. The lowest BCUT2D eigenvalue weighted by Gasteiger charge is -2.39. The Kier molecular flexibility index (Phi) is 4.98. The second-order valence-corrected chi connectivity index (χ2v) is 6.70. The molecule has 3 heterocycles. The smallest absolute Gasteiger partial charge is 0.331 e. The summed E-state index contributed by atoms with van der Waals surface area (Å²) in [7, 11) is 0. The standard InChI is InChI=1S/C16H16Br2N2O4/c1-9-10(2)24-14-6-4-12(8-18)20(22)16(14)15-13(23-9)5-3-11(7-17)19(15)21/h3-6,9-10H,7-8H2,1-2H3/t9-,10-/m0/s1. The molecule has 0 saturated heterocycles. The zero-order valence-corrected chi connectivity index (χ0v) is 16.3. The van der Waals surface area contributed by atoms with Gasteiger partial charge in [0.2, 0.25) is 0 Å². The number of hydrogen-bond donors (Lipinski definition) is 0. The van der Waals surface area contributed by atoms with Crippen LogP contribution in [0, 0.1) is 10.1 Å². The van der Waals surface area contributed by atoms with Gasteiger partial charge in [-0.2, -0.15) is 0 Å². The number of hydroxylamine groups is 2. The molecule has 0 fully saturated rings. The van der Waals surface area contributed by atoms with Gasteiger partial charge in [-0.25, -0.2) is 0 Å². The van der Waals surface area contributed by atoms with E-state index in [0.29, 0.717) is 33.6 Å². The minimum Gasteiger partial charge on any atom is -0.754 e. The zero-order chi connectivity index (χ0) is 17.4. The van der Waals surface area contributed by atoms with E-state index >= 15 is 0 Å². The van der Waals surface area contributed by atoms with E-state index < -0.39 is 0 Å². The Labute approximate surface area is 156 Å². The second kappa shape index (κ2) is 6.85. The SMILES string of the molecule is C[C@@H]1OC2=CC=C(CBr)N([O-])C2=C2C(=CC=C(CBr)[N+]2=O)O[C@H]1C. The molecule has 0 aromatic rings. The highest BCUT2D eigenvalue weighted by Gasteiger charge is 2.41. The minimum absolute atomic E-state index is 0.165. The van der Waals surface area contributed by atoms with Gasteiger partial charge in [0.25, 0.3) is 5.70 Å². The molecule has 2 atom stereocenters. The molecule has 0 aromatic heterocycles. The number of fused-ring (bicyclic) bond motifs is 2. The number of ether oxygens (including phenoxy) is 2. The summed E-state index contributed by atoms with van der Waals surface area (Å²) in [6, 6.07) is 0. The fraction of sp³-hybridized carbons (Fsp3) is 0.375. The van der Waals surface area contributed by atoms with Gasteiger partial charge in [-0.3, -0.25) is 0 Å². The molecule has 128 valence electrons. The first kappa shape index (κ1) is 17.4. The van der Waals surface area contributed by atoms with Crippen molar-refractivity contribution in [3.05, 3.63) is 68.7 Å². The Morgan fingerprint density at radius 1 is 1.08 bits per heavy atom. The summed E-state index contributed by atoms with van der Waals surface area (Å²) in [6.45, 7) is 3.73. The number of allylic oxidation sites excluding steroid dienone is 6. The van der Waals surface area contributed by atoms with Crippen molar-refractivity contribution in [3.8, 4) is 0 Å². The van der Waals surface area contributed by atoms with Crippen molar-refractivity contribution in [1.82, 2.24) is 5.06 Å². The van der Waals surface area contributed by atoms with Gasteiger partial charge in [-0.15, -0.1) is 0 Å². The predicted octanol–water partition coefficient (Wildman–Crippen LogP) is 3.95. The van der Waals surface area contributed by atoms with E-state index in [9.17, 15) is 10.1 Å². The van der Waals surface area contributed by atoms with Gasteiger partial charge in [-0.05, 0) is 32.1 Å². The Bertz CT molecular complexity index is 736. The van der Waals surface area contributed by atoms with Gasteiger partial charge < -0.3 is 19.7 Å². The maximum Gasteiger partial charge on any atom is 0.331 e. The first-order valence-corrected chi connectivity index (χ1v) is 9.68. The number of halogens is 2. The van der Waals surface area contributed by atoms with Crippen LogP contribution in [-0.4, -0.2) is 32.7 Å². The van der Waals surface area contributed by atoms with Gasteiger partial charge in [0.1, 0.15) is 18.0 Å². The Balaban J connectivity index is 2.24. The first-order chi connectivity index (χ1) is 11.5. The van der Waals surface area contributed by atoms with E-state index in [2.05, 4.69) is 31.9 Å². The monoisotopic (exact) mass is 458 g/mol. The lowest BCUT2D eigenvalue weighted by atomic mass is 10.1. The first-order valence-electron chi connectivity index (χ1n) is 7.44. The molecule has 0 saturated carbocycles. The highest BCUT2D eigenvalue weighted by molar-refractivity contribution is 9.09. The van der Waals surface area contributed by atoms with Crippen LogP contribution in [0.2, 0.25) is 0 Å². The van der Waals surface area contributed by atoms with Gasteiger partial charge in [-0.1, -0.05) is 31.9 Å². The summed E-state index contributed by atoms with van der Waals surface area (Å²) in [4.78, 5) is 12.8. The van der Waals surface area contributed by atoms with Crippen LogP contribution in [0.1, 0.15) is 13.8 Å². The molecule has 3 aliphatic heterocycles. The van der Waals surface area contributed by atoms with Crippen LogP contribution >= 0.6 is 31.9 Å². The molecule has 3 rings (SSSR count). The molecule has 0 unspecified atom stereocenters. The van der Waals surface area contributed by atoms with Gasteiger partial charge >= 0.3 is 5.70 Å². The third kappa shape index (κ3) is 2.87. The normalized spacial score (nSPS) is 26.7. The van der Waals surface area contributed by atoms with Crippen molar-refractivity contribution in [2.45, 2.75) is 26.1 Å². The molecule has 0 amide bonds. The third-order valence-corrected chi connectivity index (χ3v) is 5.18. The molecular formula is C16H16Br2N2O4. The van der Waals surface area contributed by atoms with E-state index in [1.165, 1.54) is 0 Å². The highest BCUT2D eigenvalue weighted by Crippen LogP contribution is 2.38. The average Bonchev–Trinajstić information content (AvgIpc) is 2.56. The summed E-state index contributed by atoms with van der Waals surface area (Å²) in [5, 5.41) is 14.3. The van der Waals surface area contributed by atoms with Crippen LogP contribution in [-0.2, 0) is 9.47 Å². The summed E-state index contributed by atoms with van der Waals surface area (Å²) in [5.74, 6) is 0.741. The number of alkyl halides is 2. The van der Waals surface area contributed by atoms with Crippen LogP contribution < -0.4 is 0 Å². The molecule has 3 aliphatic rings. The summed E-state index contributed by atoms with van der Waals surface area (Å²) < 4.78 is 12.5. The van der Waals surface area contributed by atoms with Crippen molar-refractivity contribution in [2.24, 2.45) is 0 Å². The third-order valence-electron chi connectivity index (χ3n) is 4.03. The number of nitrogens with zero attached hydrogens (tertiary/aromatic N) is 2. The molecule has 8 heteroatoms. The molecule has 6 nitrogen and oxygen atoms in total. The average molecular weight is 460 g/mol. The molecule has 0 N–H and O–H groups in total. The van der Waals surface area contributed by atoms with Gasteiger partial charge in [0, 0.05) is 22.0 Å². The van der Waals surface area contributed by atoms with Crippen molar-refractivity contribution < 1.29 is 14.2 Å². The predicted molar refractivity (Wildman–Crippen MR) is 96.9 cm³/mol. The van der Waals surface area contributed by atoms with E-state index in [0.717, 1.165) is 9.82 Å². The van der Waals surface area contributed by atoms with Crippen molar-refractivity contribution >= 4 is 31.9 Å². The van der Waals surface area contributed by atoms with E-state index in [1.54, 1.807) is 24.3 Å². The Hall–Kier alpha value is -1.38. The maximum absolute atomic E-state index is 12.8. The fourth-order valence-corrected chi connectivity index (χ4v) is 3.36. The van der Waals surface area contributed by atoms with Crippen molar-refractivity contribution in [2.75, 3.05) is 10.7 Å². The van der Waals surface area contributed by atoms with Gasteiger partial charge in [0.15, 0.2) is 11.5 Å². The fourth-order valence-electron chi connectivity index (χ4n) is 2.53. The molecular weight excluding hydrogens is 444 g/mol. The number of hydrogen-bond acceptors (Lipinski definition) is 5. The zero-order valence-electron chi connectivity index (χ0n) is 13.2. The van der Waals surface area contributed by atoms with E-state index in [-0.39, 0.29) is 23.6 Å². The summed E-state index contributed by atoms with van der Waals surface area (Å²) in [5.41, 5.74) is 1.29. The van der Waals surface area contributed by atoms with Crippen molar-refractivity contribution in [3.63, 3.8) is 0 Å². The Morgan fingerprint density at radius 2 is 1.71 bits per heavy atom. The van der Waals surface area contributed by atoms with Gasteiger partial charge in [0.05, 0.1) is 10.1 Å². The molecule has 0 bridgehead atoms. The van der Waals surface area contributed by atoms with Crippen LogP contribution in [0.5, 0.6) is 0 Å². The maximum atomic E-state index is 12.8. The summed E-state index contributed by atoms with van der Waals surface area (Å²) >= 11 is 6.59. The minimum atomic E-state index is -0.275. The largest absolute Gasteiger partial charge is 0.754 e. The van der Waals surface area contributed by atoms with Crippen molar-refractivity contribution in [1.29, 1.82) is 0 Å². The van der Waals surface area contributed by atoms with E-state index in [1.807, 2.05) is 13.8 Å². The van der Waals surface area contributed by atoms with E-state index in [4.69, 9.17) is 9.47 Å². The van der Waals surface area contributed by atoms with Crippen LogP contribution in [0.4, 0.5) is 0 Å². The van der Waals surface area contributed by atoms with Crippen LogP contribution in [0.15, 0.2) is 58.6 Å². The Morgan fingerprint density at radius 3 is 2.33 bits per heavy atom. The highest BCUT2D eigenvalue weighted by atomic mass is 79.9. The topological polar surface area (TPSA) is 64.8 Å². The van der Waals surface area contributed by atoms with Crippen LogP contribution in [0.3, 0.4) is 0 Å². The quantitative estimate of drug-likeness (QED) is 0.462. The lowest BCUT2D eigenvalue weighted by molar-refractivity contribution is -0.448. The molecule has 0 radical (unpaired) electrons. The number of rotatable bonds is 2.